The summed E-state index contributed by atoms with van der Waals surface area (Å²) in [5.41, 5.74) is 2.17. The molecule has 2 aromatic carbocycles. The van der Waals surface area contributed by atoms with Crippen LogP contribution in [0, 0.1) is 0 Å². The Morgan fingerprint density at radius 3 is 2.21 bits per heavy atom. The first-order valence-corrected chi connectivity index (χ1v) is 9.62. The fraction of sp³-hybridized carbons (Fsp3) is 0.150. The maximum Gasteiger partial charge on any atom is 0.284 e. The predicted molar refractivity (Wildman–Crippen MR) is 116 cm³/mol. The molecule has 0 fully saturated rings. The lowest BCUT2D eigenvalue weighted by atomic mass is 10.1. The van der Waals surface area contributed by atoms with Crippen molar-refractivity contribution in [2.24, 2.45) is 4.99 Å². The summed E-state index contributed by atoms with van der Waals surface area (Å²) in [5, 5.41) is 9.78. The van der Waals surface area contributed by atoms with Gasteiger partial charge in [0.1, 0.15) is 5.69 Å². The summed E-state index contributed by atoms with van der Waals surface area (Å²) in [6.45, 7) is 0. The van der Waals surface area contributed by atoms with Crippen molar-refractivity contribution in [3.05, 3.63) is 70.0 Å². The molecule has 0 bridgehead atoms. The zero-order valence-corrected chi connectivity index (χ0v) is 18.3. The lowest BCUT2D eigenvalue weighted by Gasteiger charge is -2.04. The Hall–Kier alpha value is -2.84. The van der Waals surface area contributed by atoms with E-state index in [1.54, 1.807) is 12.1 Å². The molecule has 0 unspecified atom stereocenters. The van der Waals surface area contributed by atoms with E-state index in [1.165, 1.54) is 32.2 Å². The number of halogens is 2. The number of rotatable bonds is 6. The molecule has 0 aliphatic heterocycles. The van der Waals surface area contributed by atoms with Crippen molar-refractivity contribution in [1.82, 2.24) is 15.0 Å². The Balaban J connectivity index is 2.12. The van der Waals surface area contributed by atoms with Crippen LogP contribution in [-0.4, -0.2) is 42.2 Å². The highest BCUT2D eigenvalue weighted by atomic mass is 79.9. The van der Waals surface area contributed by atoms with E-state index in [-0.39, 0.29) is 11.8 Å². The van der Waals surface area contributed by atoms with E-state index in [4.69, 9.17) is 25.8 Å². The smallest absolute Gasteiger partial charge is 0.284 e. The number of ether oxygens (including phenoxy) is 3. The molecular formula is C20H18BrClN4O3. The molecule has 0 atom stereocenters. The average Bonchev–Trinajstić information content (AvgIpc) is 3.15. The van der Waals surface area contributed by atoms with Gasteiger partial charge in [0.2, 0.25) is 11.7 Å². The van der Waals surface area contributed by atoms with Crippen molar-refractivity contribution in [3.63, 3.8) is 0 Å². The number of hydrogen-bond donors (Lipinski definition) is 0. The number of nitrogens with zero attached hydrogens (tertiary/aromatic N) is 4. The van der Waals surface area contributed by atoms with Crippen molar-refractivity contribution in [1.29, 1.82) is 0 Å². The van der Waals surface area contributed by atoms with E-state index < -0.39 is 0 Å². The van der Waals surface area contributed by atoms with Crippen LogP contribution in [0.5, 0.6) is 0 Å². The summed E-state index contributed by atoms with van der Waals surface area (Å²) < 4.78 is 16.5. The van der Waals surface area contributed by atoms with Gasteiger partial charge in [0.15, 0.2) is 0 Å². The van der Waals surface area contributed by atoms with E-state index in [0.717, 1.165) is 15.7 Å². The van der Waals surface area contributed by atoms with Gasteiger partial charge in [-0.05, 0) is 36.4 Å². The van der Waals surface area contributed by atoms with E-state index in [9.17, 15) is 0 Å². The normalized spacial score (nSPS) is 11.1. The fourth-order valence-corrected chi connectivity index (χ4v) is 2.79. The van der Waals surface area contributed by atoms with E-state index >= 15 is 0 Å². The summed E-state index contributed by atoms with van der Waals surface area (Å²) in [6.07, 6.45) is 1.52. The molecule has 0 N–H and O–H groups in total. The topological polar surface area (TPSA) is 70.8 Å². The lowest BCUT2D eigenvalue weighted by Crippen LogP contribution is -2.01. The molecule has 0 radical (unpaired) electrons. The zero-order valence-electron chi connectivity index (χ0n) is 16.0. The second-order valence-electron chi connectivity index (χ2n) is 5.67. The van der Waals surface area contributed by atoms with Gasteiger partial charge < -0.3 is 14.2 Å². The molecule has 29 heavy (non-hydrogen) atoms. The Morgan fingerprint density at radius 2 is 1.62 bits per heavy atom. The summed E-state index contributed by atoms with van der Waals surface area (Å²) in [6, 6.07) is 14.9. The summed E-state index contributed by atoms with van der Waals surface area (Å²) in [7, 11) is 4.48. The number of aromatic nitrogens is 3. The minimum atomic E-state index is 0.249. The standard InChI is InChI=1S/C20H18BrClN4O3/c1-27-17(12-18(28-2)29-3)23-20-19(13-4-8-15(22)9-5-13)24-26(25-20)16-10-6-14(21)7-11-16/h4-12H,1-3H3. The highest BCUT2D eigenvalue weighted by molar-refractivity contribution is 9.10. The van der Waals surface area contributed by atoms with Crippen LogP contribution in [-0.2, 0) is 14.2 Å². The van der Waals surface area contributed by atoms with Crippen LogP contribution in [0.2, 0.25) is 5.02 Å². The summed E-state index contributed by atoms with van der Waals surface area (Å²) in [5.74, 6) is 0.871. The van der Waals surface area contributed by atoms with E-state index in [0.29, 0.717) is 16.5 Å². The van der Waals surface area contributed by atoms with Crippen LogP contribution < -0.4 is 0 Å². The van der Waals surface area contributed by atoms with Crippen molar-refractivity contribution in [3.8, 4) is 16.9 Å². The molecule has 7 nitrogen and oxygen atoms in total. The quantitative estimate of drug-likeness (QED) is 0.279. The van der Waals surface area contributed by atoms with Gasteiger partial charge in [-0.15, -0.1) is 15.0 Å². The number of hydrogen-bond acceptors (Lipinski definition) is 6. The molecule has 3 aromatic rings. The summed E-state index contributed by atoms with van der Waals surface area (Å²) >= 11 is 9.45. The Labute approximate surface area is 181 Å². The molecule has 1 aromatic heterocycles. The van der Waals surface area contributed by atoms with Gasteiger partial charge in [0.05, 0.1) is 33.1 Å². The van der Waals surface area contributed by atoms with Crippen molar-refractivity contribution in [2.75, 3.05) is 21.3 Å². The first-order chi connectivity index (χ1) is 14.0. The molecule has 0 aliphatic rings. The molecule has 0 saturated heterocycles. The van der Waals surface area contributed by atoms with E-state index in [1.807, 2.05) is 36.4 Å². The first kappa shape index (κ1) is 20.9. The Kier molecular flexibility index (Phi) is 6.90. The van der Waals surface area contributed by atoms with Gasteiger partial charge in [0, 0.05) is 15.1 Å². The second-order valence-corrected chi connectivity index (χ2v) is 7.02. The monoisotopic (exact) mass is 476 g/mol. The molecule has 0 saturated carbocycles. The van der Waals surface area contributed by atoms with Gasteiger partial charge in [-0.1, -0.05) is 39.7 Å². The van der Waals surface area contributed by atoms with Crippen LogP contribution >= 0.6 is 27.5 Å². The number of benzene rings is 2. The maximum atomic E-state index is 6.02. The van der Waals surface area contributed by atoms with Crippen molar-refractivity contribution < 1.29 is 14.2 Å². The van der Waals surface area contributed by atoms with Crippen LogP contribution in [0.3, 0.4) is 0 Å². The Bertz CT molecular complexity index is 1020. The third-order valence-corrected chi connectivity index (χ3v) is 4.62. The minimum Gasteiger partial charge on any atom is -0.481 e. The molecule has 0 amide bonds. The summed E-state index contributed by atoms with van der Waals surface area (Å²) in [4.78, 5) is 6.01. The highest BCUT2D eigenvalue weighted by Gasteiger charge is 2.15. The molecule has 3 rings (SSSR count). The largest absolute Gasteiger partial charge is 0.481 e. The van der Waals surface area contributed by atoms with Crippen LogP contribution in [0.4, 0.5) is 5.82 Å². The van der Waals surface area contributed by atoms with Crippen molar-refractivity contribution in [2.45, 2.75) is 0 Å². The number of aliphatic imine (C=N–C) groups is 1. The molecule has 150 valence electrons. The Morgan fingerprint density at radius 1 is 0.966 bits per heavy atom. The van der Waals surface area contributed by atoms with Gasteiger partial charge >= 0.3 is 0 Å². The van der Waals surface area contributed by atoms with Crippen LogP contribution in [0.25, 0.3) is 16.9 Å². The fourth-order valence-electron chi connectivity index (χ4n) is 2.40. The molecule has 1 heterocycles. The van der Waals surface area contributed by atoms with E-state index in [2.05, 4.69) is 31.1 Å². The molecule has 0 spiro atoms. The SMILES string of the molecule is COC(=CC(=Nc1nn(-c2ccc(Br)cc2)nc1-c1ccc(Cl)cc1)OC)OC. The molecular weight excluding hydrogens is 460 g/mol. The number of methoxy groups -OCH3 is 3. The molecule has 9 heteroatoms. The van der Waals surface area contributed by atoms with Crippen LogP contribution in [0.15, 0.2) is 70.0 Å². The minimum absolute atomic E-state index is 0.249. The average molecular weight is 478 g/mol. The molecule has 0 aliphatic carbocycles. The third kappa shape index (κ3) is 5.16. The highest BCUT2D eigenvalue weighted by Crippen LogP contribution is 2.29. The van der Waals surface area contributed by atoms with Gasteiger partial charge in [-0.25, -0.2) is 0 Å². The third-order valence-electron chi connectivity index (χ3n) is 3.84. The first-order valence-electron chi connectivity index (χ1n) is 8.45. The van der Waals surface area contributed by atoms with Gasteiger partial charge in [0.25, 0.3) is 5.95 Å². The predicted octanol–water partition coefficient (Wildman–Crippen LogP) is 5.16. The van der Waals surface area contributed by atoms with Crippen molar-refractivity contribution >= 4 is 39.2 Å². The zero-order chi connectivity index (χ0) is 20.8. The van der Waals surface area contributed by atoms with Gasteiger partial charge in [-0.2, -0.15) is 4.99 Å². The maximum absolute atomic E-state index is 6.02. The lowest BCUT2D eigenvalue weighted by molar-refractivity contribution is 0.0954. The van der Waals surface area contributed by atoms with Crippen LogP contribution in [0.1, 0.15) is 0 Å². The second kappa shape index (κ2) is 9.58. The van der Waals surface area contributed by atoms with Gasteiger partial charge in [-0.3, -0.25) is 0 Å².